The highest BCUT2D eigenvalue weighted by atomic mass is 16.5. The van der Waals surface area contributed by atoms with Crippen LogP contribution in [0.3, 0.4) is 0 Å². The molecule has 1 saturated carbocycles. The monoisotopic (exact) mass is 185 g/mol. The molecule has 0 saturated heterocycles. The van der Waals surface area contributed by atoms with E-state index in [1.165, 1.54) is 0 Å². The zero-order chi connectivity index (χ0) is 9.68. The molecule has 0 aromatic heterocycles. The van der Waals surface area contributed by atoms with Gasteiger partial charge in [-0.3, -0.25) is 4.79 Å². The quantitative estimate of drug-likeness (QED) is 0.653. The molecule has 13 heavy (non-hydrogen) atoms. The predicted octanol–water partition coefficient (Wildman–Crippen LogP) is 1.11. The molecular weight excluding hydrogens is 166 g/mol. The van der Waals surface area contributed by atoms with Crippen molar-refractivity contribution in [1.29, 1.82) is 0 Å². The molecular formula is C10H19NO2. The SMILES string of the molecule is CCCOCC(=O)C1CCCC1N. The van der Waals surface area contributed by atoms with Crippen molar-refractivity contribution in [2.75, 3.05) is 13.2 Å². The molecule has 0 heterocycles. The number of rotatable bonds is 5. The van der Waals surface area contributed by atoms with Crippen LogP contribution >= 0.6 is 0 Å². The maximum Gasteiger partial charge on any atom is 0.163 e. The molecule has 76 valence electrons. The fraction of sp³-hybridized carbons (Fsp3) is 0.900. The minimum absolute atomic E-state index is 0.0665. The van der Waals surface area contributed by atoms with Crippen LogP contribution in [0, 0.1) is 5.92 Å². The number of Topliss-reactive ketones (excluding diaryl/α,β-unsaturated/α-hetero) is 1. The van der Waals surface area contributed by atoms with E-state index in [4.69, 9.17) is 10.5 Å². The molecule has 1 fully saturated rings. The maximum atomic E-state index is 11.5. The fourth-order valence-electron chi connectivity index (χ4n) is 1.81. The van der Waals surface area contributed by atoms with Crippen LogP contribution in [0.4, 0.5) is 0 Å². The first kappa shape index (κ1) is 10.7. The second-order valence-corrected chi connectivity index (χ2v) is 3.72. The van der Waals surface area contributed by atoms with Crippen molar-refractivity contribution in [2.24, 2.45) is 11.7 Å². The van der Waals surface area contributed by atoms with Crippen LogP contribution in [0.2, 0.25) is 0 Å². The molecule has 1 aliphatic rings. The highest BCUT2D eigenvalue weighted by Gasteiger charge is 2.29. The first-order chi connectivity index (χ1) is 6.25. The summed E-state index contributed by atoms with van der Waals surface area (Å²) in [4.78, 5) is 11.5. The van der Waals surface area contributed by atoms with Gasteiger partial charge in [0.2, 0.25) is 0 Å². The molecule has 1 rings (SSSR count). The summed E-state index contributed by atoms with van der Waals surface area (Å²) in [6, 6.07) is 0.0812. The Bertz CT molecular complexity index is 170. The van der Waals surface area contributed by atoms with Crippen molar-refractivity contribution >= 4 is 5.78 Å². The van der Waals surface area contributed by atoms with E-state index in [0.29, 0.717) is 6.61 Å². The van der Waals surface area contributed by atoms with E-state index < -0.39 is 0 Å². The zero-order valence-corrected chi connectivity index (χ0v) is 8.29. The average molecular weight is 185 g/mol. The van der Waals surface area contributed by atoms with Gasteiger partial charge in [-0.05, 0) is 19.3 Å². The molecule has 2 atom stereocenters. The first-order valence-corrected chi connectivity index (χ1v) is 5.11. The molecule has 3 heteroatoms. The summed E-state index contributed by atoms with van der Waals surface area (Å²) in [7, 11) is 0. The summed E-state index contributed by atoms with van der Waals surface area (Å²) in [5.41, 5.74) is 5.81. The van der Waals surface area contributed by atoms with Crippen molar-refractivity contribution < 1.29 is 9.53 Å². The average Bonchev–Trinajstić information content (AvgIpc) is 2.52. The van der Waals surface area contributed by atoms with E-state index in [2.05, 4.69) is 0 Å². The number of carbonyl (C=O) groups is 1. The standard InChI is InChI=1S/C10H19NO2/c1-2-6-13-7-10(12)8-4-3-5-9(8)11/h8-9H,2-7,11H2,1H3. The Morgan fingerprint density at radius 1 is 1.54 bits per heavy atom. The number of hydrogen-bond acceptors (Lipinski definition) is 3. The topological polar surface area (TPSA) is 52.3 Å². The van der Waals surface area contributed by atoms with Gasteiger partial charge in [0, 0.05) is 18.6 Å². The molecule has 1 aliphatic carbocycles. The zero-order valence-electron chi connectivity index (χ0n) is 8.29. The fourth-order valence-corrected chi connectivity index (χ4v) is 1.81. The maximum absolute atomic E-state index is 11.5. The Kier molecular flexibility index (Phi) is 4.39. The lowest BCUT2D eigenvalue weighted by molar-refractivity contribution is -0.127. The Balaban J connectivity index is 2.22. The Morgan fingerprint density at radius 3 is 2.85 bits per heavy atom. The van der Waals surface area contributed by atoms with Crippen LogP contribution in [0.15, 0.2) is 0 Å². The van der Waals surface area contributed by atoms with E-state index in [0.717, 1.165) is 25.7 Å². The van der Waals surface area contributed by atoms with E-state index in [9.17, 15) is 4.79 Å². The summed E-state index contributed by atoms with van der Waals surface area (Å²) in [5.74, 6) is 0.260. The minimum atomic E-state index is 0.0665. The molecule has 0 bridgehead atoms. The van der Waals surface area contributed by atoms with Crippen LogP contribution in [-0.4, -0.2) is 25.0 Å². The molecule has 0 spiro atoms. The normalized spacial score (nSPS) is 27.8. The molecule has 0 aromatic rings. The number of ketones is 1. The van der Waals surface area contributed by atoms with Crippen LogP contribution in [0.5, 0.6) is 0 Å². The molecule has 2 N–H and O–H groups in total. The van der Waals surface area contributed by atoms with Crippen molar-refractivity contribution in [3.63, 3.8) is 0 Å². The summed E-state index contributed by atoms with van der Waals surface area (Å²) in [6.45, 7) is 2.96. The summed E-state index contributed by atoms with van der Waals surface area (Å²) < 4.78 is 5.20. The molecule has 0 amide bonds. The van der Waals surface area contributed by atoms with Gasteiger partial charge in [-0.2, -0.15) is 0 Å². The van der Waals surface area contributed by atoms with E-state index in [-0.39, 0.29) is 24.3 Å². The second-order valence-electron chi connectivity index (χ2n) is 3.72. The third kappa shape index (κ3) is 3.08. The third-order valence-corrected chi connectivity index (χ3v) is 2.58. The van der Waals surface area contributed by atoms with E-state index in [1.807, 2.05) is 6.92 Å². The highest BCUT2D eigenvalue weighted by molar-refractivity contribution is 5.83. The first-order valence-electron chi connectivity index (χ1n) is 5.11. The second kappa shape index (κ2) is 5.35. The van der Waals surface area contributed by atoms with Crippen molar-refractivity contribution in [2.45, 2.75) is 38.6 Å². The highest BCUT2D eigenvalue weighted by Crippen LogP contribution is 2.24. The van der Waals surface area contributed by atoms with Gasteiger partial charge in [0.1, 0.15) is 6.61 Å². The lowest BCUT2D eigenvalue weighted by atomic mass is 10.00. The van der Waals surface area contributed by atoms with Crippen molar-refractivity contribution in [1.82, 2.24) is 0 Å². The lowest BCUT2D eigenvalue weighted by Gasteiger charge is -2.13. The Labute approximate surface area is 79.6 Å². The summed E-state index contributed by atoms with van der Waals surface area (Å²) in [5, 5.41) is 0. The smallest absolute Gasteiger partial charge is 0.163 e. The van der Waals surface area contributed by atoms with E-state index in [1.54, 1.807) is 0 Å². The minimum Gasteiger partial charge on any atom is -0.374 e. The van der Waals surface area contributed by atoms with Gasteiger partial charge in [-0.25, -0.2) is 0 Å². The Hall–Kier alpha value is -0.410. The number of nitrogens with two attached hydrogens (primary N) is 1. The number of carbonyl (C=O) groups excluding carboxylic acids is 1. The molecule has 0 aliphatic heterocycles. The van der Waals surface area contributed by atoms with Gasteiger partial charge in [0.25, 0.3) is 0 Å². The van der Waals surface area contributed by atoms with Gasteiger partial charge >= 0.3 is 0 Å². The van der Waals surface area contributed by atoms with Gasteiger partial charge in [-0.1, -0.05) is 13.3 Å². The van der Waals surface area contributed by atoms with Crippen LogP contribution < -0.4 is 5.73 Å². The van der Waals surface area contributed by atoms with Crippen LogP contribution in [0.1, 0.15) is 32.6 Å². The third-order valence-electron chi connectivity index (χ3n) is 2.58. The summed E-state index contributed by atoms with van der Waals surface area (Å²) >= 11 is 0. The van der Waals surface area contributed by atoms with Gasteiger partial charge < -0.3 is 10.5 Å². The lowest BCUT2D eigenvalue weighted by Crippen LogP contribution is -2.32. The van der Waals surface area contributed by atoms with E-state index >= 15 is 0 Å². The van der Waals surface area contributed by atoms with Crippen LogP contribution in [0.25, 0.3) is 0 Å². The number of ether oxygens (including phenoxy) is 1. The number of hydrogen-bond donors (Lipinski definition) is 1. The van der Waals surface area contributed by atoms with Crippen molar-refractivity contribution in [3.8, 4) is 0 Å². The summed E-state index contributed by atoms with van der Waals surface area (Å²) in [6.07, 6.45) is 4.00. The van der Waals surface area contributed by atoms with Crippen LogP contribution in [-0.2, 0) is 9.53 Å². The molecule has 0 radical (unpaired) electrons. The largest absolute Gasteiger partial charge is 0.374 e. The predicted molar refractivity (Wildman–Crippen MR) is 51.4 cm³/mol. The van der Waals surface area contributed by atoms with Gasteiger partial charge in [0.05, 0.1) is 0 Å². The van der Waals surface area contributed by atoms with Crippen molar-refractivity contribution in [3.05, 3.63) is 0 Å². The van der Waals surface area contributed by atoms with Gasteiger partial charge in [0.15, 0.2) is 5.78 Å². The molecule has 3 nitrogen and oxygen atoms in total. The molecule has 2 unspecified atom stereocenters. The van der Waals surface area contributed by atoms with Gasteiger partial charge in [-0.15, -0.1) is 0 Å². The Morgan fingerprint density at radius 2 is 2.31 bits per heavy atom. The molecule has 0 aromatic carbocycles.